The predicted molar refractivity (Wildman–Crippen MR) is 145 cm³/mol. The van der Waals surface area contributed by atoms with Crippen molar-refractivity contribution in [2.45, 2.75) is 75.3 Å². The fourth-order valence-corrected chi connectivity index (χ4v) is 8.89. The SMILES string of the molecule is CCCCCNC(=O)C1N(CCCCO)C(=O)[C@@H]2[C@@H](C(=O)Nc3ccc(OCC)cc3)[C@H]3CC(C)C12S3. The third-order valence-electron chi connectivity index (χ3n) is 8.12. The number of anilines is 1. The van der Waals surface area contributed by atoms with E-state index >= 15 is 0 Å². The van der Waals surface area contributed by atoms with Crippen LogP contribution in [0.15, 0.2) is 24.3 Å². The van der Waals surface area contributed by atoms with Crippen LogP contribution >= 0.6 is 11.8 Å². The number of hydrogen-bond donors (Lipinski definition) is 3. The molecule has 8 nitrogen and oxygen atoms in total. The van der Waals surface area contributed by atoms with Crippen LogP contribution in [0.3, 0.4) is 0 Å². The van der Waals surface area contributed by atoms with Crippen molar-refractivity contribution >= 4 is 35.2 Å². The molecule has 9 heteroatoms. The molecule has 37 heavy (non-hydrogen) atoms. The highest BCUT2D eigenvalue weighted by molar-refractivity contribution is 8.02. The summed E-state index contributed by atoms with van der Waals surface area (Å²) < 4.78 is 4.88. The number of carbonyl (C=O) groups excluding carboxylic acids is 3. The molecular formula is C28H41N3O5S. The van der Waals surface area contributed by atoms with Gasteiger partial charge in [0.1, 0.15) is 11.8 Å². The predicted octanol–water partition coefficient (Wildman–Crippen LogP) is 3.44. The van der Waals surface area contributed by atoms with E-state index in [1.807, 2.05) is 31.2 Å². The van der Waals surface area contributed by atoms with Crippen LogP contribution in [0.25, 0.3) is 0 Å². The van der Waals surface area contributed by atoms with E-state index in [2.05, 4.69) is 24.5 Å². The Labute approximate surface area is 224 Å². The number of hydrogen-bond acceptors (Lipinski definition) is 6. The maximum atomic E-state index is 14.0. The van der Waals surface area contributed by atoms with Gasteiger partial charge in [-0.2, -0.15) is 0 Å². The Balaban J connectivity index is 1.58. The number of amides is 3. The molecule has 1 spiro atoms. The maximum Gasteiger partial charge on any atom is 0.244 e. The first kappa shape index (κ1) is 27.8. The number of benzene rings is 1. The normalized spacial score (nSPS) is 29.9. The summed E-state index contributed by atoms with van der Waals surface area (Å²) in [7, 11) is 0. The summed E-state index contributed by atoms with van der Waals surface area (Å²) in [4.78, 5) is 43.0. The molecule has 3 saturated heterocycles. The van der Waals surface area contributed by atoms with Gasteiger partial charge >= 0.3 is 0 Å². The number of carbonyl (C=O) groups is 3. The standard InChI is InChI=1S/C28H41N3O5S/c1-4-6-7-14-29-26(34)24-28-18(3)17-21(37-28)22(23(28)27(35)31(24)15-8-9-16-32)25(33)30-19-10-12-20(13-11-19)36-5-2/h10-13,18,21-24,32H,4-9,14-17H2,1-3H3,(H,29,34)(H,30,33)/t18?,21-,22+,23+,24?,28?/m1/s1. The number of fused-ring (bicyclic) bond motifs is 1. The molecule has 6 atom stereocenters. The molecule has 3 fully saturated rings. The Kier molecular flexibility index (Phi) is 9.06. The van der Waals surface area contributed by atoms with Crippen molar-refractivity contribution in [1.82, 2.24) is 10.2 Å². The summed E-state index contributed by atoms with van der Waals surface area (Å²) in [6, 6.07) is 6.66. The van der Waals surface area contributed by atoms with E-state index in [1.165, 1.54) is 0 Å². The Morgan fingerprint density at radius 1 is 1.14 bits per heavy atom. The van der Waals surface area contributed by atoms with Gasteiger partial charge in [0.25, 0.3) is 0 Å². The largest absolute Gasteiger partial charge is 0.494 e. The summed E-state index contributed by atoms with van der Waals surface area (Å²) in [6.45, 7) is 7.79. The summed E-state index contributed by atoms with van der Waals surface area (Å²) in [6.07, 6.45) is 5.01. The van der Waals surface area contributed by atoms with Gasteiger partial charge in [-0.25, -0.2) is 0 Å². The van der Waals surface area contributed by atoms with Gasteiger partial charge < -0.3 is 25.4 Å². The first-order chi connectivity index (χ1) is 17.9. The van der Waals surface area contributed by atoms with E-state index in [4.69, 9.17) is 4.74 Å². The van der Waals surface area contributed by atoms with Crippen LogP contribution in [0.4, 0.5) is 5.69 Å². The van der Waals surface area contributed by atoms with E-state index in [1.54, 1.807) is 16.7 Å². The van der Waals surface area contributed by atoms with Crippen molar-refractivity contribution in [3.8, 4) is 5.75 Å². The molecule has 3 amide bonds. The summed E-state index contributed by atoms with van der Waals surface area (Å²) in [5.74, 6) is -0.508. The first-order valence-corrected chi connectivity index (χ1v) is 14.7. The second kappa shape index (κ2) is 12.1. The molecule has 0 aromatic heterocycles. The molecule has 2 bridgehead atoms. The zero-order valence-corrected chi connectivity index (χ0v) is 23.0. The molecule has 0 aliphatic carbocycles. The first-order valence-electron chi connectivity index (χ1n) is 13.8. The highest BCUT2D eigenvalue weighted by Gasteiger charge is 2.75. The van der Waals surface area contributed by atoms with Gasteiger partial charge in [-0.15, -0.1) is 11.8 Å². The van der Waals surface area contributed by atoms with E-state index in [-0.39, 0.29) is 35.5 Å². The quantitative estimate of drug-likeness (QED) is 0.337. The number of rotatable bonds is 13. The zero-order chi connectivity index (χ0) is 26.6. The smallest absolute Gasteiger partial charge is 0.244 e. The van der Waals surface area contributed by atoms with Gasteiger partial charge in [0, 0.05) is 30.6 Å². The van der Waals surface area contributed by atoms with Crippen LogP contribution in [0.1, 0.15) is 59.3 Å². The third-order valence-corrected chi connectivity index (χ3v) is 10.2. The monoisotopic (exact) mass is 531 g/mol. The minimum absolute atomic E-state index is 0.00151. The fourth-order valence-electron chi connectivity index (χ4n) is 6.46. The van der Waals surface area contributed by atoms with Crippen LogP contribution < -0.4 is 15.4 Å². The fraction of sp³-hybridized carbons (Fsp3) is 0.679. The number of likely N-dealkylation sites (tertiary alicyclic amines) is 1. The van der Waals surface area contributed by atoms with E-state index in [0.29, 0.717) is 38.2 Å². The number of nitrogens with one attached hydrogen (secondary N) is 2. The van der Waals surface area contributed by atoms with Crippen LogP contribution in [0, 0.1) is 17.8 Å². The number of thioether (sulfide) groups is 1. The molecule has 3 heterocycles. The van der Waals surface area contributed by atoms with Crippen molar-refractivity contribution < 1.29 is 24.2 Å². The topological polar surface area (TPSA) is 108 Å². The molecule has 204 valence electrons. The van der Waals surface area contributed by atoms with Gasteiger partial charge in [0.15, 0.2) is 0 Å². The van der Waals surface area contributed by atoms with Crippen LogP contribution in [-0.4, -0.2) is 70.1 Å². The maximum absolute atomic E-state index is 14.0. The van der Waals surface area contributed by atoms with Crippen LogP contribution in [0.2, 0.25) is 0 Å². The lowest BCUT2D eigenvalue weighted by atomic mass is 9.66. The molecule has 0 saturated carbocycles. The highest BCUT2D eigenvalue weighted by Crippen LogP contribution is 2.68. The lowest BCUT2D eigenvalue weighted by Crippen LogP contribution is -2.56. The summed E-state index contributed by atoms with van der Waals surface area (Å²) >= 11 is 1.69. The second-order valence-corrected chi connectivity index (χ2v) is 12.0. The third kappa shape index (κ3) is 5.21. The van der Waals surface area contributed by atoms with Crippen molar-refractivity contribution in [3.63, 3.8) is 0 Å². The molecule has 1 aromatic rings. The number of aliphatic hydroxyl groups is 1. The highest BCUT2D eigenvalue weighted by atomic mass is 32.2. The zero-order valence-electron chi connectivity index (χ0n) is 22.2. The van der Waals surface area contributed by atoms with Crippen LogP contribution in [0.5, 0.6) is 5.75 Å². The Morgan fingerprint density at radius 3 is 2.57 bits per heavy atom. The molecule has 4 rings (SSSR count). The molecule has 3 aliphatic rings. The van der Waals surface area contributed by atoms with Gasteiger partial charge in [0.05, 0.1) is 23.2 Å². The Morgan fingerprint density at radius 2 is 1.89 bits per heavy atom. The minimum Gasteiger partial charge on any atom is -0.494 e. The van der Waals surface area contributed by atoms with Crippen molar-refractivity contribution in [1.29, 1.82) is 0 Å². The number of ether oxygens (including phenoxy) is 1. The number of unbranched alkanes of at least 4 members (excludes halogenated alkanes) is 3. The molecular weight excluding hydrogens is 490 g/mol. The molecule has 3 aliphatic heterocycles. The van der Waals surface area contributed by atoms with Crippen molar-refractivity contribution in [2.75, 3.05) is 31.6 Å². The van der Waals surface area contributed by atoms with Crippen molar-refractivity contribution in [3.05, 3.63) is 24.3 Å². The van der Waals surface area contributed by atoms with E-state index in [9.17, 15) is 19.5 Å². The van der Waals surface area contributed by atoms with E-state index < -0.39 is 22.6 Å². The summed E-state index contributed by atoms with van der Waals surface area (Å²) in [5.41, 5.74) is 0.666. The van der Waals surface area contributed by atoms with Crippen molar-refractivity contribution in [2.24, 2.45) is 17.8 Å². The Bertz CT molecular complexity index is 973. The number of nitrogens with zero attached hydrogens (tertiary/aromatic N) is 1. The average molecular weight is 532 g/mol. The molecule has 3 N–H and O–H groups in total. The summed E-state index contributed by atoms with van der Waals surface area (Å²) in [5, 5.41) is 15.4. The molecule has 1 aromatic carbocycles. The molecule has 3 unspecified atom stereocenters. The molecule has 0 radical (unpaired) electrons. The lowest BCUT2D eigenvalue weighted by molar-refractivity contribution is -0.139. The lowest BCUT2D eigenvalue weighted by Gasteiger charge is -2.38. The second-order valence-electron chi connectivity index (χ2n) is 10.5. The van der Waals surface area contributed by atoms with Gasteiger partial charge in [-0.1, -0.05) is 26.7 Å². The average Bonchev–Trinajstić information content (AvgIpc) is 3.47. The number of aliphatic hydroxyl groups excluding tert-OH is 1. The Hall–Kier alpha value is -2.26. The van der Waals surface area contributed by atoms with Crippen LogP contribution in [-0.2, 0) is 14.4 Å². The van der Waals surface area contributed by atoms with E-state index in [0.717, 1.165) is 31.4 Å². The van der Waals surface area contributed by atoms with Gasteiger partial charge in [-0.05, 0) is 62.8 Å². The van der Waals surface area contributed by atoms with Gasteiger partial charge in [-0.3, -0.25) is 14.4 Å². The minimum atomic E-state index is -0.614. The van der Waals surface area contributed by atoms with Gasteiger partial charge in [0.2, 0.25) is 17.7 Å².